The topological polar surface area (TPSA) is 9.23 Å². The molecule has 0 radical (unpaired) electrons. The number of hydrogen-bond donors (Lipinski definition) is 0. The van der Waals surface area contributed by atoms with E-state index in [0.29, 0.717) is 12.0 Å². The quantitative estimate of drug-likeness (QED) is 0.631. The van der Waals surface area contributed by atoms with Crippen LogP contribution < -0.4 is 4.74 Å². The van der Waals surface area contributed by atoms with Gasteiger partial charge in [0.15, 0.2) is 0 Å². The molecule has 1 saturated carbocycles. The summed E-state index contributed by atoms with van der Waals surface area (Å²) >= 11 is 6.00. The Morgan fingerprint density at radius 1 is 1.21 bits per heavy atom. The molecular weight excluding hydrogens is 196 g/mol. The Hall–Kier alpha value is -0.690. The molecule has 1 aromatic carbocycles. The van der Waals surface area contributed by atoms with E-state index in [2.05, 4.69) is 6.07 Å². The van der Waals surface area contributed by atoms with E-state index in [9.17, 15) is 0 Å². The molecule has 1 aromatic rings. The van der Waals surface area contributed by atoms with Crippen molar-refractivity contribution in [3.63, 3.8) is 0 Å². The molecule has 74 valence electrons. The highest BCUT2D eigenvalue weighted by Crippen LogP contribution is 2.46. The Morgan fingerprint density at radius 2 is 2.07 bits per heavy atom. The smallest absolute Gasteiger partial charge is 0.123 e. The lowest BCUT2D eigenvalue weighted by Crippen LogP contribution is -2.22. The van der Waals surface area contributed by atoms with E-state index >= 15 is 0 Å². The molecule has 2 heteroatoms. The molecule has 0 saturated heterocycles. The van der Waals surface area contributed by atoms with Gasteiger partial charge in [0.05, 0.1) is 0 Å². The predicted octanol–water partition coefficient (Wildman–Crippen LogP) is 3.76. The minimum absolute atomic E-state index is 0.428. The maximum atomic E-state index is 6.00. The van der Waals surface area contributed by atoms with Crippen LogP contribution in [-0.4, -0.2) is 6.10 Å². The fourth-order valence-corrected chi connectivity index (χ4v) is 2.85. The van der Waals surface area contributed by atoms with Crippen LogP contribution in [0.2, 0.25) is 5.02 Å². The summed E-state index contributed by atoms with van der Waals surface area (Å²) in [5, 5.41) is 0.832. The van der Waals surface area contributed by atoms with Gasteiger partial charge in [-0.15, -0.1) is 0 Å². The Morgan fingerprint density at radius 3 is 3.00 bits per heavy atom. The zero-order valence-corrected chi connectivity index (χ0v) is 8.76. The van der Waals surface area contributed by atoms with Crippen molar-refractivity contribution in [2.45, 2.75) is 37.7 Å². The van der Waals surface area contributed by atoms with Gasteiger partial charge in [-0.05, 0) is 37.5 Å². The molecule has 0 N–H and O–H groups in total. The zero-order valence-electron chi connectivity index (χ0n) is 8.00. The normalized spacial score (nSPS) is 29.2. The standard InChI is InChI=1S/C12H13ClO/c13-8-5-6-12-10(7-8)9-3-1-2-4-11(9)14-12/h5-7,9,11H,1-4H2/t9-,11-/m1/s1. The van der Waals surface area contributed by atoms with E-state index in [1.54, 1.807) is 0 Å². The minimum Gasteiger partial charge on any atom is -0.489 e. The summed E-state index contributed by atoms with van der Waals surface area (Å²) < 4.78 is 5.91. The molecule has 3 rings (SSSR count). The molecule has 0 spiro atoms. The van der Waals surface area contributed by atoms with Gasteiger partial charge in [-0.3, -0.25) is 0 Å². The van der Waals surface area contributed by atoms with Crippen LogP contribution in [0.1, 0.15) is 37.2 Å². The lowest BCUT2D eigenvalue weighted by atomic mass is 9.83. The van der Waals surface area contributed by atoms with Crippen molar-refractivity contribution in [2.75, 3.05) is 0 Å². The molecule has 1 heterocycles. The van der Waals surface area contributed by atoms with Gasteiger partial charge < -0.3 is 4.74 Å². The molecule has 2 aliphatic rings. The van der Waals surface area contributed by atoms with E-state index < -0.39 is 0 Å². The monoisotopic (exact) mass is 208 g/mol. The summed E-state index contributed by atoms with van der Waals surface area (Å²) in [6, 6.07) is 6.00. The highest BCUT2D eigenvalue weighted by Gasteiger charge is 2.35. The van der Waals surface area contributed by atoms with Gasteiger partial charge in [-0.2, -0.15) is 0 Å². The largest absolute Gasteiger partial charge is 0.489 e. The fourth-order valence-electron chi connectivity index (χ4n) is 2.67. The first-order valence-corrected chi connectivity index (χ1v) is 5.68. The molecule has 1 fully saturated rings. The van der Waals surface area contributed by atoms with Crippen LogP contribution in [0.3, 0.4) is 0 Å². The van der Waals surface area contributed by atoms with Crippen molar-refractivity contribution >= 4 is 11.6 Å². The van der Waals surface area contributed by atoms with Gasteiger partial charge in [0.1, 0.15) is 11.9 Å². The molecule has 2 atom stereocenters. The Bertz CT molecular complexity index is 361. The van der Waals surface area contributed by atoms with Crippen LogP contribution in [0.25, 0.3) is 0 Å². The van der Waals surface area contributed by atoms with Crippen LogP contribution in [0, 0.1) is 0 Å². The summed E-state index contributed by atoms with van der Waals surface area (Å²) in [6.45, 7) is 0. The Kier molecular flexibility index (Phi) is 1.94. The van der Waals surface area contributed by atoms with Crippen LogP contribution >= 0.6 is 11.6 Å². The van der Waals surface area contributed by atoms with Crippen molar-refractivity contribution in [2.24, 2.45) is 0 Å². The maximum Gasteiger partial charge on any atom is 0.123 e. The van der Waals surface area contributed by atoms with Crippen molar-refractivity contribution in [1.82, 2.24) is 0 Å². The van der Waals surface area contributed by atoms with Gasteiger partial charge in [0.2, 0.25) is 0 Å². The first kappa shape index (κ1) is 8.60. The molecular formula is C12H13ClO. The average Bonchev–Trinajstić information content (AvgIpc) is 2.56. The van der Waals surface area contributed by atoms with Crippen LogP contribution in [-0.2, 0) is 0 Å². The van der Waals surface area contributed by atoms with Crippen LogP contribution in [0.4, 0.5) is 0 Å². The minimum atomic E-state index is 0.428. The number of benzene rings is 1. The second-order valence-electron chi connectivity index (χ2n) is 4.23. The molecule has 0 unspecified atom stereocenters. The zero-order chi connectivity index (χ0) is 9.54. The van der Waals surface area contributed by atoms with Crippen LogP contribution in [0.5, 0.6) is 5.75 Å². The highest BCUT2D eigenvalue weighted by atomic mass is 35.5. The molecule has 0 bridgehead atoms. The van der Waals surface area contributed by atoms with Crippen molar-refractivity contribution in [3.8, 4) is 5.75 Å². The summed E-state index contributed by atoms with van der Waals surface area (Å²) in [5.41, 5.74) is 1.34. The lowest BCUT2D eigenvalue weighted by Gasteiger charge is -2.23. The predicted molar refractivity (Wildman–Crippen MR) is 57.1 cm³/mol. The van der Waals surface area contributed by atoms with Gasteiger partial charge in [0, 0.05) is 16.5 Å². The first-order chi connectivity index (χ1) is 6.84. The third-order valence-corrected chi connectivity index (χ3v) is 3.59. The first-order valence-electron chi connectivity index (χ1n) is 5.31. The average molecular weight is 209 g/mol. The van der Waals surface area contributed by atoms with E-state index in [4.69, 9.17) is 16.3 Å². The Balaban J connectivity index is 2.02. The SMILES string of the molecule is Clc1ccc2c(c1)[C@H]1CCCC[C@H]1O2. The van der Waals surface area contributed by atoms with Gasteiger partial charge >= 0.3 is 0 Å². The number of halogens is 1. The third kappa shape index (κ3) is 1.23. The van der Waals surface area contributed by atoms with Gasteiger partial charge in [-0.25, -0.2) is 0 Å². The van der Waals surface area contributed by atoms with Gasteiger partial charge in [0.25, 0.3) is 0 Å². The fraction of sp³-hybridized carbons (Fsp3) is 0.500. The molecule has 1 aliphatic carbocycles. The molecule has 14 heavy (non-hydrogen) atoms. The molecule has 0 aromatic heterocycles. The van der Waals surface area contributed by atoms with Crippen molar-refractivity contribution in [3.05, 3.63) is 28.8 Å². The molecule has 1 nitrogen and oxygen atoms in total. The number of fused-ring (bicyclic) bond motifs is 3. The molecule has 0 amide bonds. The van der Waals surface area contributed by atoms with E-state index in [1.807, 2.05) is 12.1 Å². The second-order valence-corrected chi connectivity index (χ2v) is 4.67. The van der Waals surface area contributed by atoms with Crippen molar-refractivity contribution < 1.29 is 4.74 Å². The van der Waals surface area contributed by atoms with E-state index in [1.165, 1.54) is 31.2 Å². The summed E-state index contributed by atoms with van der Waals surface area (Å²) in [4.78, 5) is 0. The van der Waals surface area contributed by atoms with E-state index in [-0.39, 0.29) is 0 Å². The summed E-state index contributed by atoms with van der Waals surface area (Å²) in [5.74, 6) is 1.67. The molecule has 1 aliphatic heterocycles. The maximum absolute atomic E-state index is 6.00. The number of rotatable bonds is 0. The Labute approximate surface area is 89.0 Å². The third-order valence-electron chi connectivity index (χ3n) is 3.35. The number of hydrogen-bond acceptors (Lipinski definition) is 1. The highest BCUT2D eigenvalue weighted by molar-refractivity contribution is 6.30. The van der Waals surface area contributed by atoms with Gasteiger partial charge in [-0.1, -0.05) is 18.0 Å². The van der Waals surface area contributed by atoms with Crippen molar-refractivity contribution in [1.29, 1.82) is 0 Å². The van der Waals surface area contributed by atoms with Crippen LogP contribution in [0.15, 0.2) is 18.2 Å². The summed E-state index contributed by atoms with van der Waals surface area (Å²) in [7, 11) is 0. The summed E-state index contributed by atoms with van der Waals surface area (Å²) in [6.07, 6.45) is 5.53. The van der Waals surface area contributed by atoms with E-state index in [0.717, 1.165) is 10.8 Å². The lowest BCUT2D eigenvalue weighted by molar-refractivity contribution is 0.164. The second kappa shape index (κ2) is 3.16. The number of ether oxygens (including phenoxy) is 1.